The molecule has 0 saturated carbocycles. The van der Waals surface area contributed by atoms with Crippen LogP contribution >= 0.6 is 7.26 Å². The Labute approximate surface area is 175 Å². The lowest BCUT2D eigenvalue weighted by atomic mass is 10.2. The van der Waals surface area contributed by atoms with Crippen LogP contribution in [-0.4, -0.2) is 25.2 Å². The van der Waals surface area contributed by atoms with Crippen LogP contribution in [0.3, 0.4) is 0 Å². The van der Waals surface area contributed by atoms with Gasteiger partial charge >= 0.3 is 0 Å². The molecule has 0 aromatic heterocycles. The number of ether oxygens (including phenoxy) is 2. The molecule has 2 nitrogen and oxygen atoms in total. The van der Waals surface area contributed by atoms with Gasteiger partial charge in [-0.25, -0.2) is 0 Å². The van der Waals surface area contributed by atoms with Crippen molar-refractivity contribution >= 4 is 23.2 Å². The zero-order valence-electron chi connectivity index (χ0n) is 17.1. The third-order valence-corrected chi connectivity index (χ3v) is 10.4. The highest BCUT2D eigenvalue weighted by Gasteiger charge is 2.53. The van der Waals surface area contributed by atoms with Crippen LogP contribution in [0.25, 0.3) is 0 Å². The van der Waals surface area contributed by atoms with E-state index in [0.717, 1.165) is 25.9 Å². The van der Waals surface area contributed by atoms with Crippen molar-refractivity contribution in [2.75, 3.05) is 13.2 Å². The van der Waals surface area contributed by atoms with Crippen molar-refractivity contribution in [3.8, 4) is 0 Å². The molecule has 2 unspecified atom stereocenters. The fourth-order valence-corrected chi connectivity index (χ4v) is 9.16. The Morgan fingerprint density at radius 1 is 0.828 bits per heavy atom. The molecule has 1 saturated heterocycles. The summed E-state index contributed by atoms with van der Waals surface area (Å²) in [6, 6.07) is 33.0. The van der Waals surface area contributed by atoms with Gasteiger partial charge in [-0.15, -0.1) is 0 Å². The summed E-state index contributed by atoms with van der Waals surface area (Å²) in [5.41, 5.74) is 0. The Hall–Kier alpha value is -1.99. The highest BCUT2D eigenvalue weighted by atomic mass is 31.2. The van der Waals surface area contributed by atoms with Gasteiger partial charge in [0.2, 0.25) is 0 Å². The molecule has 1 heterocycles. The zero-order valence-corrected chi connectivity index (χ0v) is 18.0. The maximum Gasteiger partial charge on any atom is 0.181 e. The number of benzene rings is 3. The Kier molecular flexibility index (Phi) is 6.77. The van der Waals surface area contributed by atoms with Crippen molar-refractivity contribution in [2.24, 2.45) is 0 Å². The molecule has 4 rings (SSSR count). The molecule has 1 fully saturated rings. The minimum absolute atomic E-state index is 0.112. The monoisotopic (exact) mass is 405 g/mol. The fourth-order valence-electron chi connectivity index (χ4n) is 4.44. The molecule has 3 aromatic rings. The fraction of sp³-hybridized carbons (Fsp3) is 0.308. The van der Waals surface area contributed by atoms with Crippen molar-refractivity contribution in [2.45, 2.75) is 38.1 Å². The van der Waals surface area contributed by atoms with Gasteiger partial charge in [-0.05, 0) is 49.2 Å². The van der Waals surface area contributed by atoms with Crippen molar-refractivity contribution < 1.29 is 9.47 Å². The first-order valence-electron chi connectivity index (χ1n) is 10.6. The third-order valence-electron chi connectivity index (χ3n) is 5.74. The summed E-state index contributed by atoms with van der Waals surface area (Å²) in [5.74, 6) is 0.112. The topological polar surface area (TPSA) is 18.5 Å². The van der Waals surface area contributed by atoms with E-state index in [0.29, 0.717) is 6.61 Å². The van der Waals surface area contributed by atoms with Crippen LogP contribution < -0.4 is 15.9 Å². The maximum atomic E-state index is 6.89. The minimum Gasteiger partial charge on any atom is -0.379 e. The van der Waals surface area contributed by atoms with E-state index in [1.54, 1.807) is 0 Å². The summed E-state index contributed by atoms with van der Waals surface area (Å²) in [6.07, 6.45) is 3.29. The van der Waals surface area contributed by atoms with Gasteiger partial charge in [-0.1, -0.05) is 61.5 Å². The van der Waals surface area contributed by atoms with Crippen LogP contribution in [0.2, 0.25) is 0 Å². The first-order chi connectivity index (χ1) is 14.4. The molecule has 1 aliphatic rings. The number of hydrogen-bond donors (Lipinski definition) is 0. The molecule has 2 atom stereocenters. The molecule has 0 N–H and O–H groups in total. The van der Waals surface area contributed by atoms with Crippen molar-refractivity contribution in [1.29, 1.82) is 0 Å². The molecule has 3 aromatic carbocycles. The average Bonchev–Trinajstić information content (AvgIpc) is 2.82. The van der Waals surface area contributed by atoms with Gasteiger partial charge in [-0.2, -0.15) is 0 Å². The molecule has 1 aliphatic heterocycles. The molecule has 0 amide bonds. The molecule has 0 aliphatic carbocycles. The van der Waals surface area contributed by atoms with Gasteiger partial charge in [0, 0.05) is 13.0 Å². The van der Waals surface area contributed by atoms with Crippen LogP contribution in [0.5, 0.6) is 0 Å². The van der Waals surface area contributed by atoms with Gasteiger partial charge in [0.25, 0.3) is 0 Å². The van der Waals surface area contributed by atoms with E-state index in [1.165, 1.54) is 15.9 Å². The second-order valence-corrected chi connectivity index (χ2v) is 11.1. The summed E-state index contributed by atoms with van der Waals surface area (Å²) in [4.78, 5) is 0. The van der Waals surface area contributed by atoms with Crippen LogP contribution in [0.4, 0.5) is 0 Å². The van der Waals surface area contributed by atoms with Gasteiger partial charge in [-0.3, -0.25) is 0 Å². The first-order valence-corrected chi connectivity index (χ1v) is 12.5. The predicted octanol–water partition coefficient (Wildman–Crippen LogP) is 4.91. The van der Waals surface area contributed by atoms with E-state index in [1.807, 2.05) is 0 Å². The Bertz CT molecular complexity index is 764. The highest BCUT2D eigenvalue weighted by Crippen LogP contribution is 2.61. The number of hydrogen-bond acceptors (Lipinski definition) is 2. The third kappa shape index (κ3) is 4.16. The van der Waals surface area contributed by atoms with E-state index in [4.69, 9.17) is 9.47 Å². The molecule has 0 spiro atoms. The van der Waals surface area contributed by atoms with Crippen molar-refractivity contribution in [1.82, 2.24) is 0 Å². The Morgan fingerprint density at radius 3 is 1.69 bits per heavy atom. The summed E-state index contributed by atoms with van der Waals surface area (Å²) < 4.78 is 12.6. The highest BCUT2D eigenvalue weighted by molar-refractivity contribution is 7.96. The van der Waals surface area contributed by atoms with E-state index in [9.17, 15) is 0 Å². The SMILES string of the molecule is CCC(OC1CCCOC1)[P+](c1ccccc1)(c1ccccc1)c1ccccc1. The van der Waals surface area contributed by atoms with Crippen LogP contribution in [-0.2, 0) is 9.47 Å². The lowest BCUT2D eigenvalue weighted by Crippen LogP contribution is -2.42. The molecular formula is C26H30O2P+. The second-order valence-electron chi connectivity index (χ2n) is 7.57. The largest absolute Gasteiger partial charge is 0.379 e. The van der Waals surface area contributed by atoms with Crippen LogP contribution in [0.1, 0.15) is 26.2 Å². The standard InChI is InChI=1S/C26H30O2P/c1-2-26(28-22-13-12-20-27-21-22)29(23-14-6-3-7-15-23,24-16-8-4-9-17-24)25-18-10-5-11-19-25/h3-11,14-19,22,26H,2,12-13,20-21H2,1H3/q+1. The Balaban J connectivity index is 1.91. The van der Waals surface area contributed by atoms with Crippen LogP contribution in [0.15, 0.2) is 91.0 Å². The van der Waals surface area contributed by atoms with Crippen molar-refractivity contribution in [3.63, 3.8) is 0 Å². The van der Waals surface area contributed by atoms with Gasteiger partial charge in [0.05, 0.1) is 12.7 Å². The van der Waals surface area contributed by atoms with E-state index < -0.39 is 7.26 Å². The Morgan fingerprint density at radius 2 is 1.31 bits per heavy atom. The quantitative estimate of drug-likeness (QED) is 0.520. The molecule has 0 radical (unpaired) electrons. The van der Waals surface area contributed by atoms with E-state index in [-0.39, 0.29) is 11.9 Å². The molecule has 150 valence electrons. The van der Waals surface area contributed by atoms with Crippen molar-refractivity contribution in [3.05, 3.63) is 91.0 Å². The summed E-state index contributed by atoms with van der Waals surface area (Å²) >= 11 is 0. The summed E-state index contributed by atoms with van der Waals surface area (Å²) in [6.45, 7) is 3.82. The predicted molar refractivity (Wildman–Crippen MR) is 124 cm³/mol. The molecular weight excluding hydrogens is 375 g/mol. The van der Waals surface area contributed by atoms with Gasteiger partial charge < -0.3 is 9.47 Å². The zero-order chi connectivity index (χ0) is 19.9. The second kappa shape index (κ2) is 9.67. The normalized spacial score (nSPS) is 18.3. The van der Waals surface area contributed by atoms with E-state index in [2.05, 4.69) is 97.9 Å². The summed E-state index contributed by atoms with van der Waals surface area (Å²) in [7, 11) is -2.01. The van der Waals surface area contributed by atoms with Gasteiger partial charge in [0.15, 0.2) is 5.85 Å². The van der Waals surface area contributed by atoms with Gasteiger partial charge in [0.1, 0.15) is 23.2 Å². The maximum absolute atomic E-state index is 6.89. The smallest absolute Gasteiger partial charge is 0.181 e. The lowest BCUT2D eigenvalue weighted by Gasteiger charge is -2.36. The lowest BCUT2D eigenvalue weighted by molar-refractivity contribution is -0.0610. The van der Waals surface area contributed by atoms with Crippen LogP contribution in [0, 0.1) is 0 Å². The molecule has 29 heavy (non-hydrogen) atoms. The summed E-state index contributed by atoms with van der Waals surface area (Å²) in [5, 5.41) is 4.13. The first kappa shape index (κ1) is 20.3. The minimum atomic E-state index is -2.01. The number of rotatable bonds is 7. The molecule has 0 bridgehead atoms. The molecule has 3 heteroatoms. The van der Waals surface area contributed by atoms with E-state index >= 15 is 0 Å². The average molecular weight is 405 g/mol.